The second-order valence-corrected chi connectivity index (χ2v) is 6.82. The van der Waals surface area contributed by atoms with Crippen molar-refractivity contribution >= 4 is 11.9 Å². The molecule has 0 saturated carbocycles. The topological polar surface area (TPSA) is 124 Å². The van der Waals surface area contributed by atoms with Crippen LogP contribution in [0.4, 0.5) is 5.95 Å². The molecule has 1 aliphatic rings. The zero-order valence-electron chi connectivity index (χ0n) is 15.8. The molecular formula is C19H21N7O2. The van der Waals surface area contributed by atoms with Crippen LogP contribution in [0.3, 0.4) is 0 Å². The molecule has 0 spiro atoms. The lowest BCUT2D eigenvalue weighted by molar-refractivity contribution is -0.131. The fourth-order valence-corrected chi connectivity index (χ4v) is 3.57. The number of aryl methyl sites for hydroxylation is 2. The summed E-state index contributed by atoms with van der Waals surface area (Å²) in [5.74, 6) is 1.07. The number of pyridine rings is 1. The van der Waals surface area contributed by atoms with Crippen LogP contribution in [0.25, 0.3) is 11.5 Å². The molecule has 0 aromatic carbocycles. The van der Waals surface area contributed by atoms with Gasteiger partial charge in [-0.25, -0.2) is 9.97 Å². The lowest BCUT2D eigenvalue weighted by atomic mass is 10.1. The Morgan fingerprint density at radius 3 is 2.75 bits per heavy atom. The SMILES string of the molecule is Cc1nc(N)nc(C)c1CC(=O)N1CCC[C@H]1c1nc(-c2ccccn2)no1. The smallest absolute Gasteiger partial charge is 0.249 e. The molecule has 1 fully saturated rings. The van der Waals surface area contributed by atoms with Gasteiger partial charge in [-0.1, -0.05) is 11.2 Å². The summed E-state index contributed by atoms with van der Waals surface area (Å²) in [6, 6.07) is 5.28. The predicted octanol–water partition coefficient (Wildman–Crippen LogP) is 2.03. The highest BCUT2D eigenvalue weighted by molar-refractivity contribution is 5.80. The molecule has 4 heterocycles. The molecule has 1 atom stereocenters. The Balaban J connectivity index is 1.54. The number of hydrogen-bond donors (Lipinski definition) is 1. The van der Waals surface area contributed by atoms with E-state index in [-0.39, 0.29) is 24.3 Å². The zero-order valence-corrected chi connectivity index (χ0v) is 15.8. The number of carbonyl (C=O) groups excluding carboxylic acids is 1. The highest BCUT2D eigenvalue weighted by Crippen LogP contribution is 2.32. The van der Waals surface area contributed by atoms with E-state index in [0.717, 1.165) is 29.8 Å². The van der Waals surface area contributed by atoms with Crippen LogP contribution in [0.5, 0.6) is 0 Å². The first kappa shape index (κ1) is 18.0. The summed E-state index contributed by atoms with van der Waals surface area (Å²) < 4.78 is 5.46. The standard InChI is InChI=1S/C19H21N7O2/c1-11-13(12(2)23-19(20)22-11)10-16(27)26-9-5-7-15(26)18-24-17(25-28-18)14-6-3-4-8-21-14/h3-4,6,8,15H,5,7,9-10H2,1-2H3,(H2,20,22,23)/t15-/m0/s1. The second-order valence-electron chi connectivity index (χ2n) is 6.82. The lowest BCUT2D eigenvalue weighted by Crippen LogP contribution is -2.32. The molecule has 144 valence electrons. The maximum Gasteiger partial charge on any atom is 0.249 e. The van der Waals surface area contributed by atoms with E-state index in [2.05, 4.69) is 25.1 Å². The third-order valence-electron chi connectivity index (χ3n) is 4.96. The van der Waals surface area contributed by atoms with Gasteiger partial charge in [-0.15, -0.1) is 0 Å². The van der Waals surface area contributed by atoms with Gasteiger partial charge in [0.1, 0.15) is 11.7 Å². The number of nitrogen functional groups attached to an aromatic ring is 1. The minimum absolute atomic E-state index is 0.0142. The Morgan fingerprint density at radius 2 is 2.04 bits per heavy atom. The number of nitrogens with zero attached hydrogens (tertiary/aromatic N) is 6. The molecule has 0 aliphatic carbocycles. The van der Waals surface area contributed by atoms with Crippen LogP contribution in [-0.4, -0.2) is 42.4 Å². The quantitative estimate of drug-likeness (QED) is 0.730. The number of amides is 1. The van der Waals surface area contributed by atoms with Gasteiger partial charge in [-0.2, -0.15) is 4.98 Å². The molecule has 2 N–H and O–H groups in total. The number of aromatic nitrogens is 5. The van der Waals surface area contributed by atoms with Crippen LogP contribution in [0.1, 0.15) is 41.7 Å². The Morgan fingerprint density at radius 1 is 1.25 bits per heavy atom. The third kappa shape index (κ3) is 3.42. The minimum Gasteiger partial charge on any atom is -0.368 e. The molecule has 3 aromatic rings. The average molecular weight is 379 g/mol. The summed E-state index contributed by atoms with van der Waals surface area (Å²) in [7, 11) is 0. The van der Waals surface area contributed by atoms with Crippen LogP contribution >= 0.6 is 0 Å². The molecule has 3 aromatic heterocycles. The largest absolute Gasteiger partial charge is 0.368 e. The van der Waals surface area contributed by atoms with Gasteiger partial charge in [0.05, 0.1) is 6.42 Å². The first-order chi connectivity index (χ1) is 13.5. The summed E-state index contributed by atoms with van der Waals surface area (Å²) in [6.45, 7) is 4.33. The van der Waals surface area contributed by atoms with Gasteiger partial charge in [0.15, 0.2) is 0 Å². The van der Waals surface area contributed by atoms with Gasteiger partial charge >= 0.3 is 0 Å². The number of likely N-dealkylation sites (tertiary alicyclic amines) is 1. The highest BCUT2D eigenvalue weighted by Gasteiger charge is 2.34. The van der Waals surface area contributed by atoms with Gasteiger partial charge in [-0.3, -0.25) is 9.78 Å². The maximum absolute atomic E-state index is 13.0. The summed E-state index contributed by atoms with van der Waals surface area (Å²) in [5.41, 5.74) is 8.58. The molecule has 28 heavy (non-hydrogen) atoms. The van der Waals surface area contributed by atoms with Crippen molar-refractivity contribution in [2.45, 2.75) is 39.2 Å². The molecule has 4 rings (SSSR count). The molecule has 1 amide bonds. The van der Waals surface area contributed by atoms with Crippen molar-refractivity contribution < 1.29 is 9.32 Å². The van der Waals surface area contributed by atoms with Gasteiger partial charge in [0.2, 0.25) is 23.6 Å². The molecule has 9 heteroatoms. The van der Waals surface area contributed by atoms with Crippen LogP contribution in [-0.2, 0) is 11.2 Å². The molecule has 0 radical (unpaired) electrons. The van der Waals surface area contributed by atoms with Crippen molar-refractivity contribution in [2.24, 2.45) is 0 Å². The van der Waals surface area contributed by atoms with Gasteiger partial charge in [0.25, 0.3) is 0 Å². The van der Waals surface area contributed by atoms with E-state index in [4.69, 9.17) is 10.3 Å². The van der Waals surface area contributed by atoms with Crippen LogP contribution in [0, 0.1) is 13.8 Å². The zero-order chi connectivity index (χ0) is 19.7. The number of anilines is 1. The highest BCUT2D eigenvalue weighted by atomic mass is 16.5. The van der Waals surface area contributed by atoms with E-state index in [0.29, 0.717) is 24.0 Å². The van der Waals surface area contributed by atoms with Crippen LogP contribution in [0.2, 0.25) is 0 Å². The Hall–Kier alpha value is -3.36. The van der Waals surface area contributed by atoms with Crippen molar-refractivity contribution in [3.05, 3.63) is 47.2 Å². The van der Waals surface area contributed by atoms with Crippen molar-refractivity contribution in [3.8, 4) is 11.5 Å². The van der Waals surface area contributed by atoms with Crippen LogP contribution in [0.15, 0.2) is 28.9 Å². The number of carbonyl (C=O) groups is 1. The number of hydrogen-bond acceptors (Lipinski definition) is 8. The first-order valence-corrected chi connectivity index (χ1v) is 9.17. The Kier molecular flexibility index (Phi) is 4.72. The van der Waals surface area contributed by atoms with E-state index < -0.39 is 0 Å². The third-order valence-corrected chi connectivity index (χ3v) is 4.96. The van der Waals surface area contributed by atoms with Gasteiger partial charge in [-0.05, 0) is 38.8 Å². The van der Waals surface area contributed by atoms with E-state index in [1.54, 1.807) is 11.1 Å². The van der Waals surface area contributed by atoms with Crippen molar-refractivity contribution in [1.29, 1.82) is 0 Å². The fourth-order valence-electron chi connectivity index (χ4n) is 3.57. The van der Waals surface area contributed by atoms with Crippen molar-refractivity contribution in [2.75, 3.05) is 12.3 Å². The van der Waals surface area contributed by atoms with Gasteiger partial charge in [0, 0.05) is 29.7 Å². The Labute approximate surface area is 162 Å². The molecule has 1 aliphatic heterocycles. The van der Waals surface area contributed by atoms with Gasteiger partial charge < -0.3 is 15.2 Å². The normalized spacial score (nSPS) is 16.5. The second kappa shape index (κ2) is 7.34. The molecule has 0 unspecified atom stereocenters. The first-order valence-electron chi connectivity index (χ1n) is 9.17. The molecule has 0 bridgehead atoms. The summed E-state index contributed by atoms with van der Waals surface area (Å²) >= 11 is 0. The maximum atomic E-state index is 13.0. The minimum atomic E-state index is -0.229. The van der Waals surface area contributed by atoms with Crippen molar-refractivity contribution in [1.82, 2.24) is 30.0 Å². The van der Waals surface area contributed by atoms with E-state index in [9.17, 15) is 4.79 Å². The summed E-state index contributed by atoms with van der Waals surface area (Å²) in [4.78, 5) is 31.9. The fraction of sp³-hybridized carbons (Fsp3) is 0.368. The van der Waals surface area contributed by atoms with Crippen LogP contribution < -0.4 is 5.73 Å². The summed E-state index contributed by atoms with van der Waals surface area (Å²) in [6.07, 6.45) is 3.56. The number of rotatable bonds is 4. The lowest BCUT2D eigenvalue weighted by Gasteiger charge is -2.22. The van der Waals surface area contributed by atoms with E-state index in [1.165, 1.54) is 0 Å². The Bertz CT molecular complexity index is 980. The van der Waals surface area contributed by atoms with E-state index >= 15 is 0 Å². The number of nitrogens with two attached hydrogens (primary N) is 1. The monoisotopic (exact) mass is 379 g/mol. The predicted molar refractivity (Wildman–Crippen MR) is 101 cm³/mol. The molecular weight excluding hydrogens is 358 g/mol. The van der Waals surface area contributed by atoms with E-state index in [1.807, 2.05) is 32.0 Å². The molecule has 9 nitrogen and oxygen atoms in total. The van der Waals surface area contributed by atoms with Crippen molar-refractivity contribution in [3.63, 3.8) is 0 Å². The summed E-state index contributed by atoms with van der Waals surface area (Å²) in [5, 5.41) is 4.03. The molecule has 1 saturated heterocycles. The average Bonchev–Trinajstić information content (AvgIpc) is 3.34.